The predicted molar refractivity (Wildman–Crippen MR) is 108 cm³/mol. The van der Waals surface area contributed by atoms with Gasteiger partial charge in [0.1, 0.15) is 18.3 Å². The van der Waals surface area contributed by atoms with Gasteiger partial charge in [0.25, 0.3) is 5.56 Å². The zero-order valence-corrected chi connectivity index (χ0v) is 15.7. The van der Waals surface area contributed by atoms with Crippen LogP contribution in [0.1, 0.15) is 5.56 Å². The number of carbonyl (C=O) groups excluding carboxylic acids is 1. The van der Waals surface area contributed by atoms with Crippen LogP contribution in [-0.4, -0.2) is 25.2 Å². The lowest BCUT2D eigenvalue weighted by Gasteiger charge is -2.08. The van der Waals surface area contributed by atoms with E-state index in [9.17, 15) is 9.59 Å². The van der Waals surface area contributed by atoms with Gasteiger partial charge < -0.3 is 5.32 Å². The molecule has 2 aromatic carbocycles. The Kier molecular flexibility index (Phi) is 4.67. The molecule has 0 atom stereocenters. The number of hydrogen-bond acceptors (Lipinski definition) is 4. The maximum Gasteiger partial charge on any atom is 0.264 e. The Bertz CT molecular complexity index is 1240. The van der Waals surface area contributed by atoms with Crippen LogP contribution in [0.4, 0.5) is 5.69 Å². The molecule has 1 N–H and O–H groups in total. The Morgan fingerprint density at radius 2 is 2.00 bits per heavy atom. The highest BCUT2D eigenvalue weighted by atomic mass is 35.5. The minimum Gasteiger partial charge on any atom is -0.325 e. The Morgan fingerprint density at radius 1 is 1.18 bits per heavy atom. The summed E-state index contributed by atoms with van der Waals surface area (Å²) in [6.07, 6.45) is 2.80. The summed E-state index contributed by atoms with van der Waals surface area (Å²) in [6.45, 7) is 1.80. The molecule has 0 saturated carbocycles. The van der Waals surface area contributed by atoms with Gasteiger partial charge in [0, 0.05) is 10.7 Å². The highest BCUT2D eigenvalue weighted by Gasteiger charge is 2.13. The first-order chi connectivity index (χ1) is 13.5. The van der Waals surface area contributed by atoms with Crippen molar-refractivity contribution in [3.63, 3.8) is 0 Å². The fourth-order valence-electron chi connectivity index (χ4n) is 2.94. The molecule has 0 radical (unpaired) electrons. The fourth-order valence-corrected chi connectivity index (χ4v) is 3.12. The first kappa shape index (κ1) is 17.9. The number of carbonyl (C=O) groups is 1. The Labute approximate surface area is 165 Å². The maximum atomic E-state index is 12.7. The molecule has 8 heteroatoms. The number of hydrogen-bond donors (Lipinski definition) is 1. The van der Waals surface area contributed by atoms with Crippen molar-refractivity contribution >= 4 is 34.2 Å². The topological polar surface area (TPSA) is 81.8 Å². The number of anilines is 1. The van der Waals surface area contributed by atoms with Gasteiger partial charge in [-0.2, -0.15) is 5.10 Å². The minimum atomic E-state index is -0.335. The van der Waals surface area contributed by atoms with Crippen LogP contribution >= 0.6 is 11.6 Å². The molecular weight excluding hydrogens is 378 g/mol. The number of nitrogens with one attached hydrogen (secondary N) is 1. The van der Waals surface area contributed by atoms with Crippen LogP contribution in [0, 0.1) is 6.92 Å². The molecule has 7 nitrogen and oxygen atoms in total. The van der Waals surface area contributed by atoms with Crippen LogP contribution < -0.4 is 10.9 Å². The molecule has 0 saturated heterocycles. The van der Waals surface area contributed by atoms with E-state index >= 15 is 0 Å². The number of benzene rings is 2. The van der Waals surface area contributed by atoms with Gasteiger partial charge in [0.2, 0.25) is 5.91 Å². The van der Waals surface area contributed by atoms with Gasteiger partial charge in [0.05, 0.1) is 11.9 Å². The molecule has 0 aliphatic heterocycles. The van der Waals surface area contributed by atoms with Gasteiger partial charge in [-0.05, 0) is 42.8 Å². The smallest absolute Gasteiger partial charge is 0.264 e. The summed E-state index contributed by atoms with van der Waals surface area (Å²) in [7, 11) is 0. The molecule has 4 rings (SSSR count). The number of fused-ring (bicyclic) bond motifs is 1. The Hall–Kier alpha value is -3.45. The summed E-state index contributed by atoms with van der Waals surface area (Å²) in [5, 5.41) is 7.91. The van der Waals surface area contributed by atoms with Crippen LogP contribution in [0.15, 0.2) is 65.8 Å². The first-order valence-corrected chi connectivity index (χ1v) is 8.95. The van der Waals surface area contributed by atoms with E-state index < -0.39 is 0 Å². The van der Waals surface area contributed by atoms with Gasteiger partial charge in [0.15, 0.2) is 5.65 Å². The molecule has 0 fully saturated rings. The fraction of sp³-hybridized carbons (Fsp3) is 0.100. The minimum absolute atomic E-state index is 0.141. The summed E-state index contributed by atoms with van der Waals surface area (Å²) < 4.78 is 2.80. The van der Waals surface area contributed by atoms with Crippen molar-refractivity contribution in [1.82, 2.24) is 19.3 Å². The number of aryl methyl sites for hydroxylation is 1. The zero-order valence-electron chi connectivity index (χ0n) is 15.0. The van der Waals surface area contributed by atoms with E-state index in [1.165, 1.54) is 17.1 Å². The summed E-state index contributed by atoms with van der Waals surface area (Å²) in [4.78, 5) is 29.4. The van der Waals surface area contributed by atoms with E-state index in [1.54, 1.807) is 28.9 Å². The summed E-state index contributed by atoms with van der Waals surface area (Å²) >= 11 is 6.03. The molecule has 0 spiro atoms. The van der Waals surface area contributed by atoms with Gasteiger partial charge in [-0.1, -0.05) is 29.8 Å². The number of amides is 1. The monoisotopic (exact) mass is 393 g/mol. The predicted octanol–water partition coefficient (Wildman–Crippen LogP) is 3.18. The molecule has 0 aliphatic carbocycles. The van der Waals surface area contributed by atoms with Crippen LogP contribution in [0.5, 0.6) is 0 Å². The molecule has 1 amide bonds. The summed E-state index contributed by atoms with van der Waals surface area (Å²) in [5.41, 5.74) is 2.48. The van der Waals surface area contributed by atoms with Crippen molar-refractivity contribution in [3.8, 4) is 5.69 Å². The second-order valence-electron chi connectivity index (χ2n) is 6.37. The van der Waals surface area contributed by atoms with E-state index in [4.69, 9.17) is 11.6 Å². The Morgan fingerprint density at radius 3 is 2.79 bits per heavy atom. The van der Waals surface area contributed by atoms with E-state index in [-0.39, 0.29) is 18.0 Å². The van der Waals surface area contributed by atoms with Crippen LogP contribution in [0.2, 0.25) is 5.02 Å². The van der Waals surface area contributed by atoms with Crippen molar-refractivity contribution in [3.05, 3.63) is 82.0 Å². The van der Waals surface area contributed by atoms with Crippen LogP contribution in [-0.2, 0) is 11.3 Å². The number of nitrogens with zero attached hydrogens (tertiary/aromatic N) is 4. The average molecular weight is 394 g/mol. The standard InChI is InChI=1S/C20H16ClN5O2/c1-13-4-2-6-15(8-13)24-18(27)11-25-12-22-19-17(20(25)28)10-23-26(19)16-7-3-5-14(21)9-16/h2-10,12H,11H2,1H3,(H,24,27). The van der Waals surface area contributed by atoms with Gasteiger partial charge in [-0.15, -0.1) is 0 Å². The molecular formula is C20H16ClN5O2. The van der Waals surface area contributed by atoms with E-state index in [1.807, 2.05) is 31.2 Å². The normalized spacial score (nSPS) is 10.9. The Balaban J connectivity index is 1.62. The van der Waals surface area contributed by atoms with E-state index in [0.29, 0.717) is 27.4 Å². The van der Waals surface area contributed by atoms with Gasteiger partial charge >= 0.3 is 0 Å². The second kappa shape index (κ2) is 7.28. The van der Waals surface area contributed by atoms with Gasteiger partial charge in [-0.25, -0.2) is 9.67 Å². The first-order valence-electron chi connectivity index (χ1n) is 8.57. The quantitative estimate of drug-likeness (QED) is 0.577. The number of halogens is 1. The highest BCUT2D eigenvalue weighted by Crippen LogP contribution is 2.17. The van der Waals surface area contributed by atoms with Gasteiger partial charge in [-0.3, -0.25) is 14.2 Å². The lowest BCUT2D eigenvalue weighted by molar-refractivity contribution is -0.116. The average Bonchev–Trinajstić information content (AvgIpc) is 3.09. The molecule has 2 aromatic heterocycles. The SMILES string of the molecule is Cc1cccc(NC(=O)Cn2cnc3c(cnn3-c3cccc(Cl)c3)c2=O)c1. The molecule has 0 aliphatic rings. The third-order valence-corrected chi connectivity index (χ3v) is 4.46. The van der Waals surface area contributed by atoms with E-state index in [2.05, 4.69) is 15.4 Å². The van der Waals surface area contributed by atoms with Crippen molar-refractivity contribution in [2.45, 2.75) is 13.5 Å². The van der Waals surface area contributed by atoms with Crippen LogP contribution in [0.25, 0.3) is 16.7 Å². The third kappa shape index (κ3) is 3.52. The molecule has 0 bridgehead atoms. The zero-order chi connectivity index (χ0) is 19.7. The third-order valence-electron chi connectivity index (χ3n) is 4.22. The summed E-state index contributed by atoms with van der Waals surface area (Å²) in [6, 6.07) is 14.6. The molecule has 140 valence electrons. The molecule has 28 heavy (non-hydrogen) atoms. The molecule has 0 unspecified atom stereocenters. The molecule has 2 heterocycles. The largest absolute Gasteiger partial charge is 0.325 e. The van der Waals surface area contributed by atoms with Crippen LogP contribution in [0.3, 0.4) is 0 Å². The lowest BCUT2D eigenvalue weighted by Crippen LogP contribution is -2.27. The van der Waals surface area contributed by atoms with Crippen molar-refractivity contribution in [2.24, 2.45) is 0 Å². The number of rotatable bonds is 4. The van der Waals surface area contributed by atoms with Crippen molar-refractivity contribution < 1.29 is 4.79 Å². The lowest BCUT2D eigenvalue weighted by atomic mass is 10.2. The van der Waals surface area contributed by atoms with Crippen molar-refractivity contribution in [1.29, 1.82) is 0 Å². The number of aromatic nitrogens is 4. The maximum absolute atomic E-state index is 12.7. The second-order valence-corrected chi connectivity index (χ2v) is 6.81. The summed E-state index contributed by atoms with van der Waals surface area (Å²) in [5.74, 6) is -0.309. The molecule has 4 aromatic rings. The highest BCUT2D eigenvalue weighted by molar-refractivity contribution is 6.30. The van der Waals surface area contributed by atoms with Crippen molar-refractivity contribution in [2.75, 3.05) is 5.32 Å². The van der Waals surface area contributed by atoms with E-state index in [0.717, 1.165) is 5.56 Å².